The Hall–Kier alpha value is -2.84. The molecule has 1 saturated heterocycles. The van der Waals surface area contributed by atoms with Crippen molar-refractivity contribution in [3.05, 3.63) is 40.1 Å². The van der Waals surface area contributed by atoms with Gasteiger partial charge in [-0.3, -0.25) is 10.2 Å². The fraction of sp³-hybridized carbons (Fsp3) is 0.381. The van der Waals surface area contributed by atoms with Crippen molar-refractivity contribution in [1.29, 1.82) is 5.41 Å². The van der Waals surface area contributed by atoms with Gasteiger partial charge in [0.1, 0.15) is 11.3 Å². The summed E-state index contributed by atoms with van der Waals surface area (Å²) in [6.07, 6.45) is 1.87. The number of nitrogens with two attached hydrogens (primary N) is 1. The van der Waals surface area contributed by atoms with Crippen LogP contribution < -0.4 is 16.5 Å². The second kappa shape index (κ2) is 8.12. The van der Waals surface area contributed by atoms with Gasteiger partial charge >= 0.3 is 0 Å². The highest BCUT2D eigenvalue weighted by molar-refractivity contribution is 6.53. The van der Waals surface area contributed by atoms with Crippen LogP contribution in [0.1, 0.15) is 31.1 Å². The molecule has 1 fully saturated rings. The van der Waals surface area contributed by atoms with Crippen LogP contribution in [0.2, 0.25) is 5.02 Å². The van der Waals surface area contributed by atoms with E-state index in [0.717, 1.165) is 43.4 Å². The molecule has 9 heteroatoms. The highest BCUT2D eigenvalue weighted by atomic mass is 35.5. The van der Waals surface area contributed by atoms with Gasteiger partial charge in [-0.1, -0.05) is 18.5 Å². The number of amides is 1. The average Bonchev–Trinajstić information content (AvgIpc) is 3.06. The van der Waals surface area contributed by atoms with E-state index in [9.17, 15) is 4.79 Å². The molecule has 2 aromatic rings. The largest absolute Gasteiger partial charge is 0.454 e. The molecule has 0 atom stereocenters. The molecule has 0 bridgehead atoms. The van der Waals surface area contributed by atoms with Crippen molar-refractivity contribution in [3.8, 4) is 0 Å². The molecule has 0 unspecified atom stereocenters. The van der Waals surface area contributed by atoms with E-state index in [0.29, 0.717) is 22.1 Å². The topological polar surface area (TPSA) is 120 Å². The molecule has 0 radical (unpaired) electrons. The average molecular weight is 429 g/mol. The standard InChI is InChI=1S/C21H25ClN6O2/c1-3-28-8-6-13(7-9-28)25-18(16-17(23)21(29)27-26-20(16)24)19-11(2)14-10-12(22)4-5-15(14)30-19/h4-5,10,13,23,25H,3,6-9H2,1-2H3,(H2,24,26)(H,27,29)/b18-16+,23-17?. The van der Waals surface area contributed by atoms with Crippen LogP contribution in [-0.4, -0.2) is 48.0 Å². The van der Waals surface area contributed by atoms with E-state index in [-0.39, 0.29) is 23.2 Å². The van der Waals surface area contributed by atoms with Crippen molar-refractivity contribution in [2.24, 2.45) is 10.8 Å². The normalized spacial score (nSPS) is 20.3. The molecule has 1 aromatic heterocycles. The third kappa shape index (κ3) is 3.68. The number of furan rings is 1. The van der Waals surface area contributed by atoms with E-state index in [1.165, 1.54) is 0 Å². The summed E-state index contributed by atoms with van der Waals surface area (Å²) in [5.74, 6) is 0.0138. The molecule has 4 rings (SSSR count). The van der Waals surface area contributed by atoms with E-state index in [4.69, 9.17) is 27.2 Å². The fourth-order valence-electron chi connectivity index (χ4n) is 4.00. The molecule has 2 aliphatic rings. The molecule has 0 saturated carbocycles. The van der Waals surface area contributed by atoms with Crippen LogP contribution in [0.25, 0.3) is 16.7 Å². The van der Waals surface area contributed by atoms with Gasteiger partial charge in [-0.05, 0) is 44.5 Å². The number of halogens is 1. The number of hydrogen-bond donors (Lipinski definition) is 4. The number of nitrogens with zero attached hydrogens (tertiary/aromatic N) is 2. The van der Waals surface area contributed by atoms with Gasteiger partial charge in [-0.2, -0.15) is 5.10 Å². The first-order valence-electron chi connectivity index (χ1n) is 10.0. The number of piperidine rings is 1. The van der Waals surface area contributed by atoms with E-state index < -0.39 is 5.91 Å². The molecule has 8 nitrogen and oxygen atoms in total. The number of amidine groups is 1. The van der Waals surface area contributed by atoms with Gasteiger partial charge in [-0.25, -0.2) is 5.43 Å². The van der Waals surface area contributed by atoms with E-state index in [2.05, 4.69) is 27.7 Å². The first kappa shape index (κ1) is 20.4. The summed E-state index contributed by atoms with van der Waals surface area (Å²) in [5, 5.41) is 17.2. The van der Waals surface area contributed by atoms with Crippen molar-refractivity contribution < 1.29 is 9.21 Å². The molecule has 0 aliphatic carbocycles. The van der Waals surface area contributed by atoms with E-state index >= 15 is 0 Å². The SMILES string of the molecule is CCN1CCC(N/C(=C2\C(=N)C(=O)NN=C2N)c2oc3ccc(Cl)cc3c2C)CC1. The van der Waals surface area contributed by atoms with Crippen LogP contribution in [0.4, 0.5) is 0 Å². The lowest BCUT2D eigenvalue weighted by Gasteiger charge is -2.33. The summed E-state index contributed by atoms with van der Waals surface area (Å²) in [5.41, 5.74) is 10.5. The summed E-state index contributed by atoms with van der Waals surface area (Å²) < 4.78 is 6.16. The molecule has 158 valence electrons. The van der Waals surface area contributed by atoms with Gasteiger partial charge in [0.25, 0.3) is 5.91 Å². The zero-order valence-corrected chi connectivity index (χ0v) is 17.8. The van der Waals surface area contributed by atoms with Gasteiger partial charge in [0.15, 0.2) is 11.6 Å². The number of carbonyl (C=O) groups excluding carboxylic acids is 1. The van der Waals surface area contributed by atoms with Gasteiger partial charge in [-0.15, -0.1) is 0 Å². The Kier molecular flexibility index (Phi) is 5.53. The minimum absolute atomic E-state index is 0.0750. The van der Waals surface area contributed by atoms with E-state index in [1.807, 2.05) is 19.1 Å². The van der Waals surface area contributed by atoms with E-state index in [1.54, 1.807) is 6.07 Å². The summed E-state index contributed by atoms with van der Waals surface area (Å²) >= 11 is 6.18. The fourth-order valence-corrected chi connectivity index (χ4v) is 4.17. The van der Waals surface area contributed by atoms with Crippen molar-refractivity contribution in [2.75, 3.05) is 19.6 Å². The van der Waals surface area contributed by atoms with Crippen molar-refractivity contribution >= 4 is 45.7 Å². The number of likely N-dealkylation sites (tertiary alicyclic amines) is 1. The van der Waals surface area contributed by atoms with Gasteiger partial charge in [0.05, 0.1) is 11.3 Å². The van der Waals surface area contributed by atoms with Gasteiger partial charge < -0.3 is 20.4 Å². The summed E-state index contributed by atoms with van der Waals surface area (Å²) in [7, 11) is 0. The van der Waals surface area contributed by atoms with Crippen molar-refractivity contribution in [3.63, 3.8) is 0 Å². The van der Waals surface area contributed by atoms with Crippen LogP contribution in [0.3, 0.4) is 0 Å². The third-order valence-corrected chi connectivity index (χ3v) is 6.00. The summed E-state index contributed by atoms with van der Waals surface area (Å²) in [4.78, 5) is 14.5. The van der Waals surface area contributed by atoms with Crippen molar-refractivity contribution in [1.82, 2.24) is 15.6 Å². The Labute approximate surface area is 179 Å². The second-order valence-corrected chi connectivity index (χ2v) is 8.05. The number of hydrogen-bond acceptors (Lipinski definition) is 7. The minimum atomic E-state index is -0.601. The smallest absolute Gasteiger partial charge is 0.290 e. The quantitative estimate of drug-likeness (QED) is 0.596. The number of nitrogens with one attached hydrogen (secondary N) is 3. The van der Waals surface area contributed by atoms with Crippen LogP contribution in [0, 0.1) is 12.3 Å². The van der Waals surface area contributed by atoms with Crippen LogP contribution >= 0.6 is 11.6 Å². The molecule has 30 heavy (non-hydrogen) atoms. The Morgan fingerprint density at radius 2 is 2.17 bits per heavy atom. The maximum atomic E-state index is 12.1. The highest BCUT2D eigenvalue weighted by Crippen LogP contribution is 2.33. The number of benzene rings is 1. The predicted octanol–water partition coefficient (Wildman–Crippen LogP) is 2.60. The van der Waals surface area contributed by atoms with Crippen LogP contribution in [-0.2, 0) is 4.79 Å². The monoisotopic (exact) mass is 428 g/mol. The Bertz CT molecular complexity index is 1080. The van der Waals surface area contributed by atoms with Gasteiger partial charge in [0, 0.05) is 35.1 Å². The summed E-state index contributed by atoms with van der Waals surface area (Å²) in [6, 6.07) is 5.59. The summed E-state index contributed by atoms with van der Waals surface area (Å²) in [6.45, 7) is 7.07. The number of hydrazone groups is 1. The zero-order chi connectivity index (χ0) is 21.4. The Morgan fingerprint density at radius 3 is 2.87 bits per heavy atom. The maximum Gasteiger partial charge on any atom is 0.290 e. The maximum absolute atomic E-state index is 12.1. The molecular formula is C21H25ClN6O2. The number of rotatable bonds is 4. The molecule has 5 N–H and O–H groups in total. The zero-order valence-electron chi connectivity index (χ0n) is 17.0. The van der Waals surface area contributed by atoms with Gasteiger partial charge in [0.2, 0.25) is 0 Å². The van der Waals surface area contributed by atoms with Crippen molar-refractivity contribution in [2.45, 2.75) is 32.7 Å². The lowest BCUT2D eigenvalue weighted by atomic mass is 9.98. The first-order valence-corrected chi connectivity index (χ1v) is 10.4. The Balaban J connectivity index is 1.83. The predicted molar refractivity (Wildman–Crippen MR) is 119 cm³/mol. The lowest BCUT2D eigenvalue weighted by Crippen LogP contribution is -2.45. The molecule has 1 aromatic carbocycles. The number of fused-ring (bicyclic) bond motifs is 1. The second-order valence-electron chi connectivity index (χ2n) is 7.61. The lowest BCUT2D eigenvalue weighted by molar-refractivity contribution is -0.114. The molecular weight excluding hydrogens is 404 g/mol. The molecule has 1 amide bonds. The highest BCUT2D eigenvalue weighted by Gasteiger charge is 2.31. The van der Waals surface area contributed by atoms with Crippen LogP contribution in [0.5, 0.6) is 0 Å². The number of aryl methyl sites for hydroxylation is 1. The third-order valence-electron chi connectivity index (χ3n) is 5.77. The molecule has 0 spiro atoms. The minimum Gasteiger partial charge on any atom is -0.454 e. The Morgan fingerprint density at radius 1 is 1.43 bits per heavy atom. The molecule has 2 aliphatic heterocycles. The number of carbonyl (C=O) groups is 1. The first-order chi connectivity index (χ1) is 14.4. The molecule has 3 heterocycles. The van der Waals surface area contributed by atoms with Crippen LogP contribution in [0.15, 0.2) is 33.3 Å².